The molecule has 3 aliphatic rings. The van der Waals surface area contributed by atoms with Crippen molar-refractivity contribution >= 4 is 34.7 Å². The highest BCUT2D eigenvalue weighted by atomic mass is 16.2. The predicted octanol–water partition coefficient (Wildman–Crippen LogP) is 4.05. The molecule has 7 heteroatoms. The number of carbonyl (C=O) groups is 3. The number of benzene rings is 1. The van der Waals surface area contributed by atoms with Crippen LogP contribution in [-0.2, 0) is 14.4 Å². The number of hydrogen-bond acceptors (Lipinski definition) is 4. The SMILES string of the molecule is O=C(CCN1C(=O)C2CCCCC2C1=O)Nc1nc2ccccc2n1C1CCCCC1. The van der Waals surface area contributed by atoms with Crippen LogP contribution in [0.2, 0.25) is 0 Å². The van der Waals surface area contributed by atoms with Crippen molar-refractivity contribution in [2.75, 3.05) is 11.9 Å². The quantitative estimate of drug-likeness (QED) is 0.737. The van der Waals surface area contributed by atoms with Gasteiger partial charge in [0.25, 0.3) is 0 Å². The molecule has 2 heterocycles. The maximum atomic E-state index is 12.8. The molecule has 0 spiro atoms. The first-order chi connectivity index (χ1) is 15.1. The van der Waals surface area contributed by atoms with Crippen LogP contribution < -0.4 is 5.32 Å². The average molecular weight is 423 g/mol. The largest absolute Gasteiger partial charge is 0.307 e. The summed E-state index contributed by atoms with van der Waals surface area (Å²) >= 11 is 0. The van der Waals surface area contributed by atoms with Gasteiger partial charge in [0.2, 0.25) is 23.7 Å². The Labute approximate surface area is 182 Å². The molecule has 7 nitrogen and oxygen atoms in total. The molecule has 31 heavy (non-hydrogen) atoms. The van der Waals surface area contributed by atoms with Crippen LogP contribution in [0.1, 0.15) is 70.3 Å². The number of nitrogens with zero attached hydrogens (tertiary/aromatic N) is 3. The lowest BCUT2D eigenvalue weighted by atomic mass is 9.81. The number of imide groups is 1. The standard InChI is InChI=1S/C24H30N4O3/c29-21(14-15-27-22(30)17-10-4-5-11-18(17)23(27)31)26-24-25-19-12-6-7-13-20(19)28(24)16-8-2-1-3-9-16/h6-7,12-13,16-18H,1-5,8-11,14-15H2,(H,25,26,29). The van der Waals surface area contributed by atoms with Crippen molar-refractivity contribution in [3.63, 3.8) is 0 Å². The van der Waals surface area contributed by atoms with Gasteiger partial charge in [-0.15, -0.1) is 0 Å². The molecule has 2 saturated carbocycles. The number of nitrogens with one attached hydrogen (secondary N) is 1. The lowest BCUT2D eigenvalue weighted by molar-refractivity contribution is -0.140. The van der Waals surface area contributed by atoms with Crippen LogP contribution in [0.25, 0.3) is 11.0 Å². The van der Waals surface area contributed by atoms with E-state index in [9.17, 15) is 14.4 Å². The van der Waals surface area contributed by atoms with Crippen molar-refractivity contribution in [2.24, 2.45) is 11.8 Å². The van der Waals surface area contributed by atoms with Gasteiger partial charge in [-0.25, -0.2) is 4.98 Å². The number of rotatable bonds is 5. The Morgan fingerprint density at radius 2 is 1.58 bits per heavy atom. The van der Waals surface area contributed by atoms with E-state index in [2.05, 4.69) is 20.9 Å². The van der Waals surface area contributed by atoms with Crippen molar-refractivity contribution in [3.05, 3.63) is 24.3 Å². The van der Waals surface area contributed by atoms with Crippen molar-refractivity contribution in [2.45, 2.75) is 70.3 Å². The van der Waals surface area contributed by atoms with E-state index in [-0.39, 0.29) is 42.5 Å². The van der Waals surface area contributed by atoms with E-state index in [1.165, 1.54) is 24.2 Å². The molecule has 1 aromatic heterocycles. The summed E-state index contributed by atoms with van der Waals surface area (Å²) in [6.45, 7) is 0.153. The van der Waals surface area contributed by atoms with Crippen LogP contribution in [-0.4, -0.2) is 38.7 Å². The van der Waals surface area contributed by atoms with Crippen LogP contribution in [0, 0.1) is 11.8 Å². The Balaban J connectivity index is 1.29. The van der Waals surface area contributed by atoms with Gasteiger partial charge >= 0.3 is 0 Å². The Morgan fingerprint density at radius 3 is 2.29 bits per heavy atom. The number of fused-ring (bicyclic) bond motifs is 2. The first-order valence-corrected chi connectivity index (χ1v) is 11.8. The Morgan fingerprint density at radius 1 is 0.935 bits per heavy atom. The lowest BCUT2D eigenvalue weighted by Crippen LogP contribution is -2.34. The molecule has 0 bridgehead atoms. The maximum Gasteiger partial charge on any atom is 0.233 e. The second kappa shape index (κ2) is 8.44. The third-order valence-electron chi connectivity index (χ3n) is 7.28. The predicted molar refractivity (Wildman–Crippen MR) is 117 cm³/mol. The monoisotopic (exact) mass is 422 g/mol. The smallest absolute Gasteiger partial charge is 0.233 e. The Hall–Kier alpha value is -2.70. The van der Waals surface area contributed by atoms with Crippen LogP contribution >= 0.6 is 0 Å². The molecular formula is C24H30N4O3. The summed E-state index contributed by atoms with van der Waals surface area (Å²) in [5.41, 5.74) is 1.91. The molecule has 1 saturated heterocycles. The van der Waals surface area contributed by atoms with Crippen molar-refractivity contribution in [1.82, 2.24) is 14.5 Å². The van der Waals surface area contributed by atoms with E-state index in [4.69, 9.17) is 0 Å². The Kier molecular flexibility index (Phi) is 5.50. The zero-order valence-electron chi connectivity index (χ0n) is 17.9. The second-order valence-electron chi connectivity index (χ2n) is 9.21. The number of carbonyl (C=O) groups excluding carboxylic acids is 3. The van der Waals surface area contributed by atoms with Gasteiger partial charge in [-0.1, -0.05) is 44.2 Å². The second-order valence-corrected chi connectivity index (χ2v) is 9.21. The fraction of sp³-hybridized carbons (Fsp3) is 0.583. The number of aromatic nitrogens is 2. The zero-order valence-corrected chi connectivity index (χ0v) is 17.9. The van der Waals surface area contributed by atoms with Gasteiger partial charge in [0.15, 0.2) is 0 Å². The molecule has 164 valence electrons. The maximum absolute atomic E-state index is 12.8. The van der Waals surface area contributed by atoms with Crippen LogP contribution in [0.3, 0.4) is 0 Å². The number of hydrogen-bond donors (Lipinski definition) is 1. The molecule has 1 N–H and O–H groups in total. The summed E-state index contributed by atoms with van der Waals surface area (Å²) < 4.78 is 2.17. The zero-order chi connectivity index (χ0) is 21.4. The van der Waals surface area contributed by atoms with Gasteiger partial charge in [-0.05, 0) is 37.8 Å². The first-order valence-electron chi connectivity index (χ1n) is 11.8. The summed E-state index contributed by atoms with van der Waals surface area (Å²) in [5, 5.41) is 2.98. The minimum atomic E-state index is -0.206. The Bertz CT molecular complexity index is 983. The van der Waals surface area contributed by atoms with E-state index in [0.717, 1.165) is 49.6 Å². The van der Waals surface area contributed by atoms with Gasteiger partial charge in [0, 0.05) is 19.0 Å². The van der Waals surface area contributed by atoms with Gasteiger partial charge in [-0.2, -0.15) is 0 Å². The number of para-hydroxylation sites is 2. The van der Waals surface area contributed by atoms with Crippen molar-refractivity contribution in [3.8, 4) is 0 Å². The molecule has 3 fully saturated rings. The molecular weight excluding hydrogens is 392 g/mol. The van der Waals surface area contributed by atoms with E-state index in [1.807, 2.05) is 18.2 Å². The molecule has 3 amide bonds. The highest BCUT2D eigenvalue weighted by Crippen LogP contribution is 2.38. The molecule has 0 radical (unpaired) electrons. The fourth-order valence-corrected chi connectivity index (χ4v) is 5.69. The van der Waals surface area contributed by atoms with E-state index in [0.29, 0.717) is 12.0 Å². The normalized spacial score (nSPS) is 24.6. The highest BCUT2D eigenvalue weighted by molar-refractivity contribution is 6.05. The molecule has 2 aliphatic carbocycles. The highest BCUT2D eigenvalue weighted by Gasteiger charge is 2.47. The summed E-state index contributed by atoms with van der Waals surface area (Å²) in [5.74, 6) is -0.137. The number of amides is 3. The van der Waals surface area contributed by atoms with Crippen molar-refractivity contribution < 1.29 is 14.4 Å². The third-order valence-corrected chi connectivity index (χ3v) is 7.28. The lowest BCUT2D eigenvalue weighted by Gasteiger charge is -2.25. The van der Waals surface area contributed by atoms with Gasteiger partial charge in [0.05, 0.1) is 22.9 Å². The fourth-order valence-electron chi connectivity index (χ4n) is 5.69. The first kappa shape index (κ1) is 20.2. The van der Waals surface area contributed by atoms with Gasteiger partial charge < -0.3 is 4.57 Å². The topological polar surface area (TPSA) is 84.3 Å². The molecule has 2 unspecified atom stereocenters. The number of imidazole rings is 1. The number of anilines is 1. The average Bonchev–Trinajstić information content (AvgIpc) is 3.28. The molecule has 2 atom stereocenters. The number of likely N-dealkylation sites (tertiary alicyclic amines) is 1. The minimum absolute atomic E-state index is 0.0862. The summed E-state index contributed by atoms with van der Waals surface area (Å²) in [6.07, 6.45) is 9.50. The van der Waals surface area contributed by atoms with Crippen LogP contribution in [0.5, 0.6) is 0 Å². The van der Waals surface area contributed by atoms with E-state index < -0.39 is 0 Å². The van der Waals surface area contributed by atoms with E-state index in [1.54, 1.807) is 0 Å². The summed E-state index contributed by atoms with van der Waals surface area (Å²) in [4.78, 5) is 44.1. The third kappa shape index (κ3) is 3.75. The summed E-state index contributed by atoms with van der Waals surface area (Å²) in [6, 6.07) is 8.31. The van der Waals surface area contributed by atoms with Crippen LogP contribution in [0.4, 0.5) is 5.95 Å². The van der Waals surface area contributed by atoms with Gasteiger partial charge in [-0.3, -0.25) is 24.6 Å². The molecule has 2 aromatic rings. The summed E-state index contributed by atoms with van der Waals surface area (Å²) in [7, 11) is 0. The molecule has 5 rings (SSSR count). The molecule has 1 aliphatic heterocycles. The van der Waals surface area contributed by atoms with Crippen molar-refractivity contribution in [1.29, 1.82) is 0 Å². The minimum Gasteiger partial charge on any atom is -0.307 e. The molecule has 1 aromatic carbocycles. The van der Waals surface area contributed by atoms with Gasteiger partial charge in [0.1, 0.15) is 0 Å². The van der Waals surface area contributed by atoms with E-state index >= 15 is 0 Å². The van der Waals surface area contributed by atoms with Crippen LogP contribution in [0.15, 0.2) is 24.3 Å².